The molecule has 0 aromatic heterocycles. The van der Waals surface area contributed by atoms with Gasteiger partial charge in [-0.25, -0.2) is 9.59 Å². The molecule has 2 rings (SSSR count). The second kappa shape index (κ2) is 8.44. The molecule has 0 aliphatic rings. The van der Waals surface area contributed by atoms with Crippen molar-refractivity contribution in [2.24, 2.45) is 0 Å². The average molecular weight is 374 g/mol. The SMILES string of the molecule is CCCc1cc(O)cc(O)c1C(=O)Oc1cc(O)cc(CCC)c1C(=O)O. The number of esters is 1. The Bertz CT molecular complexity index is 871. The molecule has 0 saturated heterocycles. The second-order valence-corrected chi connectivity index (χ2v) is 6.17. The van der Waals surface area contributed by atoms with E-state index in [1.807, 2.05) is 13.8 Å². The number of benzene rings is 2. The third-order valence-corrected chi connectivity index (χ3v) is 4.01. The maximum Gasteiger partial charge on any atom is 0.347 e. The van der Waals surface area contributed by atoms with Gasteiger partial charge in [0, 0.05) is 12.1 Å². The topological polar surface area (TPSA) is 124 Å². The van der Waals surface area contributed by atoms with Crippen molar-refractivity contribution < 1.29 is 34.8 Å². The minimum absolute atomic E-state index is 0.147. The van der Waals surface area contributed by atoms with Crippen molar-refractivity contribution in [1.29, 1.82) is 0 Å². The van der Waals surface area contributed by atoms with Crippen LogP contribution < -0.4 is 4.74 Å². The molecule has 7 heteroatoms. The Labute approximate surface area is 156 Å². The van der Waals surface area contributed by atoms with Gasteiger partial charge in [0.15, 0.2) is 0 Å². The highest BCUT2D eigenvalue weighted by Crippen LogP contribution is 2.33. The highest BCUT2D eigenvalue weighted by atomic mass is 16.5. The van der Waals surface area contributed by atoms with Crippen molar-refractivity contribution in [3.8, 4) is 23.0 Å². The lowest BCUT2D eigenvalue weighted by Gasteiger charge is -2.15. The zero-order chi connectivity index (χ0) is 20.1. The average Bonchev–Trinajstić information content (AvgIpc) is 2.53. The predicted octanol–water partition coefficient (Wildman–Crippen LogP) is 3.63. The van der Waals surface area contributed by atoms with Gasteiger partial charge in [-0.3, -0.25) is 0 Å². The molecule has 0 spiro atoms. The Morgan fingerprint density at radius 2 is 1.37 bits per heavy atom. The van der Waals surface area contributed by atoms with Crippen LogP contribution in [0.15, 0.2) is 24.3 Å². The number of ether oxygens (including phenoxy) is 1. The lowest BCUT2D eigenvalue weighted by atomic mass is 10.0. The molecule has 0 atom stereocenters. The molecule has 2 aromatic carbocycles. The number of rotatable bonds is 7. The molecule has 0 heterocycles. The Kier molecular flexibility index (Phi) is 6.28. The Hall–Kier alpha value is -3.22. The number of phenols is 3. The lowest BCUT2D eigenvalue weighted by molar-refractivity contribution is 0.0679. The van der Waals surface area contributed by atoms with Crippen LogP contribution in [0.1, 0.15) is 58.5 Å². The highest BCUT2D eigenvalue weighted by Gasteiger charge is 2.24. The Balaban J connectivity index is 2.52. The van der Waals surface area contributed by atoms with Crippen LogP contribution in [0.3, 0.4) is 0 Å². The molecule has 0 amide bonds. The molecule has 144 valence electrons. The number of carbonyl (C=O) groups is 2. The van der Waals surface area contributed by atoms with Crippen LogP contribution in [0, 0.1) is 0 Å². The molecule has 2 aromatic rings. The van der Waals surface area contributed by atoms with Gasteiger partial charge < -0.3 is 25.2 Å². The van der Waals surface area contributed by atoms with E-state index < -0.39 is 17.7 Å². The van der Waals surface area contributed by atoms with Crippen molar-refractivity contribution in [3.05, 3.63) is 46.5 Å². The van der Waals surface area contributed by atoms with Crippen LogP contribution >= 0.6 is 0 Å². The van der Waals surface area contributed by atoms with Crippen LogP contribution in [-0.4, -0.2) is 32.4 Å². The maximum atomic E-state index is 12.7. The largest absolute Gasteiger partial charge is 0.508 e. The predicted molar refractivity (Wildman–Crippen MR) is 97.8 cm³/mol. The molecular formula is C20H22O7. The molecular weight excluding hydrogens is 352 g/mol. The number of aryl methyl sites for hydroxylation is 2. The van der Waals surface area contributed by atoms with Crippen LogP contribution in [0.2, 0.25) is 0 Å². The number of carboxylic acids is 1. The van der Waals surface area contributed by atoms with Crippen molar-refractivity contribution in [2.75, 3.05) is 0 Å². The molecule has 0 saturated carbocycles. The van der Waals surface area contributed by atoms with Gasteiger partial charge in [0.2, 0.25) is 0 Å². The summed E-state index contributed by atoms with van der Waals surface area (Å²) in [5.74, 6) is -3.44. The van der Waals surface area contributed by atoms with E-state index in [4.69, 9.17) is 4.74 Å². The molecule has 0 aliphatic carbocycles. The van der Waals surface area contributed by atoms with E-state index in [1.165, 1.54) is 12.1 Å². The van der Waals surface area contributed by atoms with E-state index in [1.54, 1.807) is 0 Å². The van der Waals surface area contributed by atoms with Crippen molar-refractivity contribution >= 4 is 11.9 Å². The quantitative estimate of drug-likeness (QED) is 0.431. The molecule has 27 heavy (non-hydrogen) atoms. The lowest BCUT2D eigenvalue weighted by Crippen LogP contribution is -2.15. The monoisotopic (exact) mass is 374 g/mol. The van der Waals surface area contributed by atoms with E-state index >= 15 is 0 Å². The Morgan fingerprint density at radius 3 is 1.89 bits per heavy atom. The molecule has 0 radical (unpaired) electrons. The standard InChI is InChI=1S/C20H22O7/c1-3-5-11-7-13(21)9-15(23)17(11)20(26)27-16-10-14(22)8-12(6-4-2)18(16)19(24)25/h7-10,21-23H,3-6H2,1-2H3,(H,24,25). The molecule has 0 fully saturated rings. The summed E-state index contributed by atoms with van der Waals surface area (Å²) in [6, 6.07) is 4.74. The zero-order valence-electron chi connectivity index (χ0n) is 15.2. The second-order valence-electron chi connectivity index (χ2n) is 6.17. The van der Waals surface area contributed by atoms with E-state index in [2.05, 4.69) is 0 Å². The van der Waals surface area contributed by atoms with Crippen LogP contribution in [0.25, 0.3) is 0 Å². The van der Waals surface area contributed by atoms with Gasteiger partial charge in [-0.05, 0) is 36.1 Å². The van der Waals surface area contributed by atoms with Crippen molar-refractivity contribution in [1.82, 2.24) is 0 Å². The Morgan fingerprint density at radius 1 is 0.852 bits per heavy atom. The zero-order valence-corrected chi connectivity index (χ0v) is 15.2. The smallest absolute Gasteiger partial charge is 0.347 e. The number of hydrogen-bond acceptors (Lipinski definition) is 6. The first-order valence-corrected chi connectivity index (χ1v) is 8.64. The number of phenolic OH excluding ortho intramolecular Hbond substituents is 3. The number of carbonyl (C=O) groups excluding carboxylic acids is 1. The molecule has 0 unspecified atom stereocenters. The van der Waals surface area contributed by atoms with Gasteiger partial charge in [-0.2, -0.15) is 0 Å². The molecule has 0 aliphatic heterocycles. The first kappa shape index (κ1) is 20.1. The number of aromatic carboxylic acids is 1. The molecule has 0 bridgehead atoms. The fourth-order valence-corrected chi connectivity index (χ4v) is 2.97. The van der Waals surface area contributed by atoms with E-state index in [9.17, 15) is 30.0 Å². The van der Waals surface area contributed by atoms with E-state index in [0.29, 0.717) is 36.8 Å². The van der Waals surface area contributed by atoms with Gasteiger partial charge in [-0.15, -0.1) is 0 Å². The summed E-state index contributed by atoms with van der Waals surface area (Å²) in [6.07, 6.45) is 2.07. The molecule has 4 N–H and O–H groups in total. The maximum absolute atomic E-state index is 12.7. The van der Waals surface area contributed by atoms with Crippen LogP contribution in [-0.2, 0) is 12.8 Å². The third kappa shape index (κ3) is 4.49. The van der Waals surface area contributed by atoms with E-state index in [0.717, 1.165) is 12.1 Å². The first-order chi connectivity index (χ1) is 12.8. The van der Waals surface area contributed by atoms with Gasteiger partial charge in [0.1, 0.15) is 34.1 Å². The summed E-state index contributed by atoms with van der Waals surface area (Å²) in [7, 11) is 0. The van der Waals surface area contributed by atoms with Gasteiger partial charge >= 0.3 is 11.9 Å². The number of aromatic hydroxyl groups is 3. The van der Waals surface area contributed by atoms with Crippen molar-refractivity contribution in [3.63, 3.8) is 0 Å². The summed E-state index contributed by atoms with van der Waals surface area (Å²) in [5.41, 5.74) is 0.368. The fourth-order valence-electron chi connectivity index (χ4n) is 2.97. The third-order valence-electron chi connectivity index (χ3n) is 4.01. The fraction of sp³-hybridized carbons (Fsp3) is 0.300. The minimum Gasteiger partial charge on any atom is -0.508 e. The first-order valence-electron chi connectivity index (χ1n) is 8.64. The van der Waals surface area contributed by atoms with E-state index in [-0.39, 0.29) is 28.4 Å². The van der Waals surface area contributed by atoms with Gasteiger partial charge in [0.05, 0.1) is 0 Å². The normalized spacial score (nSPS) is 10.6. The number of hydrogen-bond donors (Lipinski definition) is 4. The van der Waals surface area contributed by atoms with Gasteiger partial charge in [0.25, 0.3) is 0 Å². The summed E-state index contributed by atoms with van der Waals surface area (Å²) >= 11 is 0. The van der Waals surface area contributed by atoms with Gasteiger partial charge in [-0.1, -0.05) is 26.7 Å². The summed E-state index contributed by atoms with van der Waals surface area (Å²) in [4.78, 5) is 24.3. The van der Waals surface area contributed by atoms with Crippen LogP contribution in [0.4, 0.5) is 0 Å². The minimum atomic E-state index is -1.29. The summed E-state index contributed by atoms with van der Waals surface area (Å²) < 4.78 is 5.25. The summed E-state index contributed by atoms with van der Waals surface area (Å²) in [6.45, 7) is 3.72. The summed E-state index contributed by atoms with van der Waals surface area (Å²) in [5, 5.41) is 39.1. The molecule has 7 nitrogen and oxygen atoms in total. The highest BCUT2D eigenvalue weighted by molar-refractivity contribution is 5.99. The van der Waals surface area contributed by atoms with Crippen LogP contribution in [0.5, 0.6) is 23.0 Å². The number of carboxylic acid groups (broad SMARTS) is 1. The van der Waals surface area contributed by atoms with Crippen molar-refractivity contribution in [2.45, 2.75) is 39.5 Å².